The van der Waals surface area contributed by atoms with Crippen LogP contribution in [0.1, 0.15) is 0 Å². The monoisotopic (exact) mass is 194 g/mol. The van der Waals surface area contributed by atoms with Crippen LogP contribution in [0.25, 0.3) is 0 Å². The van der Waals surface area contributed by atoms with Crippen LogP contribution in [0.15, 0.2) is 0 Å². The molecule has 0 saturated heterocycles. The topological polar surface area (TPSA) is 85.5 Å². The van der Waals surface area contributed by atoms with Gasteiger partial charge in [0.1, 0.15) is 0 Å². The molecule has 0 aliphatic rings. The second-order valence-electron chi connectivity index (χ2n) is 0. The Morgan fingerprint density at radius 2 is 0.667 bits per heavy atom. The van der Waals surface area contributed by atoms with Crippen LogP contribution in [-0.2, 0) is 57.6 Å². The van der Waals surface area contributed by atoms with Gasteiger partial charge in [0, 0.05) is 0 Å². The summed E-state index contributed by atoms with van der Waals surface area (Å²) < 4.78 is 0. The van der Waals surface area contributed by atoms with Gasteiger partial charge in [0.25, 0.3) is 0 Å². The number of rotatable bonds is 0. The molecule has 0 N–H and O–H groups in total. The molecule has 6 heteroatoms. The maximum Gasteiger partial charge on any atom is 4.00 e. The van der Waals surface area contributed by atoms with E-state index >= 15 is 0 Å². The van der Waals surface area contributed by atoms with Crippen molar-refractivity contribution in [3.8, 4) is 0 Å². The summed E-state index contributed by atoms with van der Waals surface area (Å²) in [5, 5.41) is 0. The molecule has 0 rings (SSSR count). The van der Waals surface area contributed by atoms with Crippen molar-refractivity contribution in [1.29, 1.82) is 0 Å². The van der Waals surface area contributed by atoms with Crippen molar-refractivity contribution in [1.82, 2.24) is 0 Å². The molecule has 0 bridgehead atoms. The van der Waals surface area contributed by atoms with E-state index < -0.39 is 0 Å². The van der Waals surface area contributed by atoms with Crippen LogP contribution in [0.4, 0.5) is 0 Å². The van der Waals surface area contributed by atoms with Crippen LogP contribution in [0.2, 0.25) is 0 Å². The second kappa shape index (κ2) is 82.8. The van der Waals surface area contributed by atoms with E-state index in [1.165, 1.54) is 0 Å². The summed E-state index contributed by atoms with van der Waals surface area (Å²) in [4.78, 5) is 0. The summed E-state index contributed by atoms with van der Waals surface area (Å²) in [5.74, 6) is 0. The van der Waals surface area contributed by atoms with E-state index in [1.54, 1.807) is 0 Å². The van der Waals surface area contributed by atoms with Crippen molar-refractivity contribution in [2.75, 3.05) is 0 Å². The first-order valence-electron chi connectivity index (χ1n) is 0. The van der Waals surface area contributed by atoms with E-state index in [-0.39, 0.29) is 71.1 Å². The van der Waals surface area contributed by atoms with Gasteiger partial charge < -0.3 is 16.4 Å². The number of hydrogen-bond donors (Lipinski definition) is 0. The molecule has 0 aliphatic carbocycles. The van der Waals surface area contributed by atoms with E-state index in [0.29, 0.717) is 0 Å². The molecule has 0 radical (unpaired) electrons. The molecule has 3 nitrogen and oxygen atoms in total. The average molecular weight is 195 g/mol. The third-order valence-electron chi connectivity index (χ3n) is 0. The predicted molar refractivity (Wildman–Crippen MR) is 12.4 cm³/mol. The minimum Gasteiger partial charge on any atom is -2.00 e. The quantitative estimate of drug-likeness (QED) is 0.477. The zero-order valence-corrected chi connectivity index (χ0v) is 8.46. The third kappa shape index (κ3) is 47.3. The molecule has 6 heavy (non-hydrogen) atoms. The molecule has 0 atom stereocenters. The Hall–Kier alpha value is 1.57. The van der Waals surface area contributed by atoms with Gasteiger partial charge in [0.2, 0.25) is 0 Å². The molecule has 0 aliphatic heterocycles. The van der Waals surface area contributed by atoms with Gasteiger partial charge in [0.05, 0.1) is 0 Å². The van der Waals surface area contributed by atoms with Crippen LogP contribution in [0.3, 0.4) is 0 Å². The van der Waals surface area contributed by atoms with E-state index in [9.17, 15) is 0 Å². The molecule has 0 aromatic rings. The largest absolute Gasteiger partial charge is 4.00 e. The molecule has 0 saturated carbocycles. The molecular weight excluding hydrogens is 193 g/mol. The minimum atomic E-state index is 0. The fourth-order valence-electron chi connectivity index (χ4n) is 0. The first kappa shape index (κ1) is 133. The van der Waals surface area contributed by atoms with Gasteiger partial charge in [-0.3, -0.25) is 0 Å². The Morgan fingerprint density at radius 3 is 0.667 bits per heavy atom. The smallest absolute Gasteiger partial charge is 2.00 e. The molecular formula is H2O3STiZn. The van der Waals surface area contributed by atoms with Gasteiger partial charge in [-0.1, -0.05) is 0 Å². The normalized spacial score (nSPS) is 0. The molecule has 32 valence electrons. The SMILES string of the molecule is S.[O-2].[O-2].[O-2].[Ti+4].[Zn+2]. The van der Waals surface area contributed by atoms with E-state index in [1.807, 2.05) is 0 Å². The molecule has 0 heterocycles. The van der Waals surface area contributed by atoms with E-state index in [4.69, 9.17) is 0 Å². The van der Waals surface area contributed by atoms with Gasteiger partial charge in [-0.25, -0.2) is 0 Å². The van der Waals surface area contributed by atoms with Crippen LogP contribution in [0.5, 0.6) is 0 Å². The Kier molecular flexibility index (Phi) is 1830. The van der Waals surface area contributed by atoms with E-state index in [2.05, 4.69) is 0 Å². The Morgan fingerprint density at radius 1 is 0.667 bits per heavy atom. The van der Waals surface area contributed by atoms with Crippen molar-refractivity contribution >= 4 is 13.5 Å². The Labute approximate surface area is 70.9 Å². The van der Waals surface area contributed by atoms with Gasteiger partial charge in [-0.15, -0.1) is 0 Å². The molecule has 0 spiro atoms. The predicted octanol–water partition coefficient (Wildman–Crippen LogP) is -0.249. The molecule has 0 amide bonds. The van der Waals surface area contributed by atoms with Crippen molar-refractivity contribution in [2.45, 2.75) is 0 Å². The average Bonchev–Trinajstić information content (AvgIpc) is 0. The van der Waals surface area contributed by atoms with Crippen LogP contribution < -0.4 is 0 Å². The van der Waals surface area contributed by atoms with Gasteiger partial charge >= 0.3 is 41.2 Å². The zero-order chi connectivity index (χ0) is 0. The fraction of sp³-hybridized carbons (Fsp3) is 0. The summed E-state index contributed by atoms with van der Waals surface area (Å²) in [6.45, 7) is 0. The minimum absolute atomic E-state index is 0. The summed E-state index contributed by atoms with van der Waals surface area (Å²) in [6.07, 6.45) is 0. The molecule has 0 unspecified atom stereocenters. The van der Waals surface area contributed by atoms with Gasteiger partial charge in [0.15, 0.2) is 0 Å². The Bertz CT molecular complexity index is 10.8. The van der Waals surface area contributed by atoms with Crippen LogP contribution in [-0.4, -0.2) is 0 Å². The second-order valence-corrected chi connectivity index (χ2v) is 0. The summed E-state index contributed by atoms with van der Waals surface area (Å²) >= 11 is 0. The fourth-order valence-corrected chi connectivity index (χ4v) is 0. The van der Waals surface area contributed by atoms with Gasteiger partial charge in [-0.05, 0) is 0 Å². The maximum absolute atomic E-state index is 0. The number of hydrogen-bond acceptors (Lipinski definition) is 0. The molecule has 0 aromatic carbocycles. The standard InChI is InChI=1S/3O.H2S.Ti.Zn/h;;;1H2;;/q3*-2;;+4;+2. The first-order valence-corrected chi connectivity index (χ1v) is 0. The maximum atomic E-state index is 0. The summed E-state index contributed by atoms with van der Waals surface area (Å²) in [7, 11) is 0. The van der Waals surface area contributed by atoms with Crippen molar-refractivity contribution in [2.24, 2.45) is 0 Å². The molecule has 0 aromatic heterocycles. The van der Waals surface area contributed by atoms with Crippen molar-refractivity contribution in [3.05, 3.63) is 0 Å². The van der Waals surface area contributed by atoms with Crippen LogP contribution in [0, 0.1) is 0 Å². The molecule has 0 fully saturated rings. The van der Waals surface area contributed by atoms with Crippen LogP contribution >= 0.6 is 13.5 Å². The van der Waals surface area contributed by atoms with Gasteiger partial charge in [-0.2, -0.15) is 13.5 Å². The Balaban J connectivity index is 0. The van der Waals surface area contributed by atoms with Crippen molar-refractivity contribution in [3.63, 3.8) is 0 Å². The summed E-state index contributed by atoms with van der Waals surface area (Å²) in [5.41, 5.74) is 0. The first-order chi connectivity index (χ1) is 0. The third-order valence-corrected chi connectivity index (χ3v) is 0. The summed E-state index contributed by atoms with van der Waals surface area (Å²) in [6, 6.07) is 0. The van der Waals surface area contributed by atoms with E-state index in [0.717, 1.165) is 0 Å². The zero-order valence-electron chi connectivity index (χ0n) is 2.93. The van der Waals surface area contributed by atoms with Crippen molar-refractivity contribution < 1.29 is 57.6 Å².